The third-order valence-corrected chi connectivity index (χ3v) is 3.65. The highest BCUT2D eigenvalue weighted by molar-refractivity contribution is 5.43. The Morgan fingerprint density at radius 1 is 1.33 bits per heavy atom. The van der Waals surface area contributed by atoms with E-state index in [9.17, 15) is 0 Å². The van der Waals surface area contributed by atoms with Crippen LogP contribution in [0, 0.1) is 19.8 Å². The fraction of sp³-hybridized carbons (Fsp3) is 0.714. The summed E-state index contributed by atoms with van der Waals surface area (Å²) in [5, 5.41) is 3.45. The molecule has 2 rings (SSSR count). The van der Waals surface area contributed by atoms with Crippen molar-refractivity contribution in [1.82, 2.24) is 15.3 Å². The van der Waals surface area contributed by atoms with E-state index in [1.807, 2.05) is 20.0 Å². The van der Waals surface area contributed by atoms with Crippen LogP contribution in [-0.4, -0.2) is 36.1 Å². The molecule has 1 saturated heterocycles. The molecule has 0 aliphatic carbocycles. The lowest BCUT2D eigenvalue weighted by molar-refractivity contribution is 0.385. The summed E-state index contributed by atoms with van der Waals surface area (Å²) in [6.45, 7) is 10.7. The molecule has 1 aromatic rings. The van der Waals surface area contributed by atoms with Crippen LogP contribution in [0.4, 0.5) is 5.82 Å². The summed E-state index contributed by atoms with van der Waals surface area (Å²) in [5.74, 6) is 1.90. The molecule has 0 atom stereocenters. The van der Waals surface area contributed by atoms with Gasteiger partial charge in [0.2, 0.25) is 0 Å². The molecular formula is C14H24N4. The number of aromatic nitrogens is 2. The summed E-state index contributed by atoms with van der Waals surface area (Å²) in [7, 11) is 0. The maximum absolute atomic E-state index is 4.63. The van der Waals surface area contributed by atoms with E-state index >= 15 is 0 Å². The Labute approximate surface area is 110 Å². The number of hydrogen-bond donors (Lipinski definition) is 1. The summed E-state index contributed by atoms with van der Waals surface area (Å²) in [6.07, 6.45) is 4.35. The van der Waals surface area contributed by atoms with Gasteiger partial charge in [-0.05, 0) is 45.7 Å². The molecular weight excluding hydrogens is 224 g/mol. The zero-order valence-electron chi connectivity index (χ0n) is 11.7. The van der Waals surface area contributed by atoms with Crippen molar-refractivity contribution in [2.75, 3.05) is 31.1 Å². The van der Waals surface area contributed by atoms with E-state index < -0.39 is 0 Å². The average Bonchev–Trinajstić information content (AvgIpc) is 2.40. The van der Waals surface area contributed by atoms with Gasteiger partial charge in [-0.15, -0.1) is 0 Å². The lowest BCUT2D eigenvalue weighted by Crippen LogP contribution is -2.38. The van der Waals surface area contributed by atoms with Crippen LogP contribution in [-0.2, 0) is 0 Å². The van der Waals surface area contributed by atoms with Gasteiger partial charge in [0.05, 0.1) is 11.4 Å². The van der Waals surface area contributed by atoms with Crippen LogP contribution in [0.25, 0.3) is 0 Å². The Balaban J connectivity index is 1.94. The molecule has 1 fully saturated rings. The van der Waals surface area contributed by atoms with Crippen LogP contribution in [0.1, 0.15) is 31.2 Å². The van der Waals surface area contributed by atoms with Gasteiger partial charge in [-0.25, -0.2) is 4.98 Å². The molecule has 1 N–H and O–H groups in total. The maximum atomic E-state index is 4.63. The normalized spacial score (nSPS) is 17.2. The summed E-state index contributed by atoms with van der Waals surface area (Å²) in [6, 6.07) is 0. The van der Waals surface area contributed by atoms with Gasteiger partial charge in [0.1, 0.15) is 5.82 Å². The van der Waals surface area contributed by atoms with Crippen molar-refractivity contribution < 1.29 is 0 Å². The van der Waals surface area contributed by atoms with Crippen LogP contribution in [0.3, 0.4) is 0 Å². The van der Waals surface area contributed by atoms with Crippen molar-refractivity contribution in [3.63, 3.8) is 0 Å². The second-order valence-corrected chi connectivity index (χ2v) is 5.16. The van der Waals surface area contributed by atoms with E-state index in [0.717, 1.165) is 49.3 Å². The second-order valence-electron chi connectivity index (χ2n) is 5.16. The van der Waals surface area contributed by atoms with E-state index in [1.54, 1.807) is 0 Å². The first-order chi connectivity index (χ1) is 8.70. The Morgan fingerprint density at radius 2 is 2.06 bits per heavy atom. The number of aryl methyl sites for hydroxylation is 2. The smallest absolute Gasteiger partial charge is 0.150 e. The van der Waals surface area contributed by atoms with E-state index in [1.165, 1.54) is 12.8 Å². The molecule has 0 amide bonds. The fourth-order valence-electron chi connectivity index (χ4n) is 2.52. The molecule has 2 heterocycles. The molecule has 4 heteroatoms. The van der Waals surface area contributed by atoms with E-state index in [4.69, 9.17) is 0 Å². The van der Waals surface area contributed by atoms with Crippen LogP contribution in [0.15, 0.2) is 6.20 Å². The molecule has 1 aliphatic heterocycles. The Kier molecular flexibility index (Phi) is 4.53. The van der Waals surface area contributed by atoms with Gasteiger partial charge in [0.15, 0.2) is 0 Å². The molecule has 0 radical (unpaired) electrons. The van der Waals surface area contributed by atoms with Gasteiger partial charge in [0.25, 0.3) is 0 Å². The number of rotatable bonds is 4. The molecule has 1 aromatic heterocycles. The van der Waals surface area contributed by atoms with Crippen molar-refractivity contribution >= 4 is 5.82 Å². The molecule has 0 bridgehead atoms. The minimum absolute atomic E-state index is 0.819. The lowest BCUT2D eigenvalue weighted by Gasteiger charge is -2.33. The van der Waals surface area contributed by atoms with Crippen LogP contribution in [0.2, 0.25) is 0 Å². The summed E-state index contributed by atoms with van der Waals surface area (Å²) in [4.78, 5) is 11.4. The Morgan fingerprint density at radius 3 is 2.72 bits per heavy atom. The molecule has 1 aliphatic rings. The second kappa shape index (κ2) is 6.14. The molecule has 0 saturated carbocycles. The van der Waals surface area contributed by atoms with Gasteiger partial charge in [0, 0.05) is 19.3 Å². The van der Waals surface area contributed by atoms with Crippen molar-refractivity contribution in [2.24, 2.45) is 5.92 Å². The molecule has 0 unspecified atom stereocenters. The topological polar surface area (TPSA) is 41.0 Å². The summed E-state index contributed by atoms with van der Waals surface area (Å²) >= 11 is 0. The monoisotopic (exact) mass is 248 g/mol. The first kappa shape index (κ1) is 13.3. The molecule has 100 valence electrons. The predicted octanol–water partition coefficient (Wildman–Crippen LogP) is 1.92. The number of hydrogen-bond acceptors (Lipinski definition) is 4. The van der Waals surface area contributed by atoms with Gasteiger partial charge in [-0.3, -0.25) is 4.98 Å². The molecule has 4 nitrogen and oxygen atoms in total. The minimum atomic E-state index is 0.819. The fourth-order valence-corrected chi connectivity index (χ4v) is 2.52. The molecule has 18 heavy (non-hydrogen) atoms. The Hall–Kier alpha value is -1.16. The van der Waals surface area contributed by atoms with Crippen LogP contribution in [0.5, 0.6) is 0 Å². The lowest BCUT2D eigenvalue weighted by atomic mass is 9.96. The molecule has 0 aromatic carbocycles. The minimum Gasteiger partial charge on any atom is -0.355 e. The van der Waals surface area contributed by atoms with E-state index in [-0.39, 0.29) is 0 Å². The van der Waals surface area contributed by atoms with Crippen LogP contribution < -0.4 is 10.2 Å². The highest BCUT2D eigenvalue weighted by Gasteiger charge is 2.21. The Bertz CT molecular complexity index is 383. The number of nitrogens with one attached hydrogen (secondary N) is 1. The third kappa shape index (κ3) is 3.19. The number of nitrogens with zero attached hydrogens (tertiary/aromatic N) is 3. The highest BCUT2D eigenvalue weighted by Crippen LogP contribution is 2.23. The third-order valence-electron chi connectivity index (χ3n) is 3.65. The molecule has 0 spiro atoms. The van der Waals surface area contributed by atoms with Gasteiger partial charge in [-0.2, -0.15) is 0 Å². The average molecular weight is 248 g/mol. The first-order valence-corrected chi connectivity index (χ1v) is 6.96. The highest BCUT2D eigenvalue weighted by atomic mass is 15.2. The van der Waals surface area contributed by atoms with Gasteiger partial charge >= 0.3 is 0 Å². The quantitative estimate of drug-likeness (QED) is 0.884. The first-order valence-electron chi connectivity index (χ1n) is 6.96. The largest absolute Gasteiger partial charge is 0.355 e. The van der Waals surface area contributed by atoms with Crippen LogP contribution >= 0.6 is 0 Å². The zero-order chi connectivity index (χ0) is 13.0. The standard InChI is InChI=1S/C14H24N4/c1-4-15-10-13-5-7-18(8-6-13)14-12(3)16-9-11(2)17-14/h9,13,15H,4-8,10H2,1-3H3. The number of piperidine rings is 1. The van der Waals surface area contributed by atoms with E-state index in [0.29, 0.717) is 0 Å². The van der Waals surface area contributed by atoms with Crippen molar-refractivity contribution in [1.29, 1.82) is 0 Å². The zero-order valence-corrected chi connectivity index (χ0v) is 11.7. The van der Waals surface area contributed by atoms with Gasteiger partial charge in [-0.1, -0.05) is 6.92 Å². The van der Waals surface area contributed by atoms with E-state index in [2.05, 4.69) is 27.1 Å². The summed E-state index contributed by atoms with van der Waals surface area (Å²) < 4.78 is 0. The SMILES string of the molecule is CCNCC1CCN(c2nc(C)cnc2C)CC1. The van der Waals surface area contributed by atoms with Gasteiger partial charge < -0.3 is 10.2 Å². The predicted molar refractivity (Wildman–Crippen MR) is 75.0 cm³/mol. The van der Waals surface area contributed by atoms with Crippen molar-refractivity contribution in [3.8, 4) is 0 Å². The number of anilines is 1. The van der Waals surface area contributed by atoms with Crippen molar-refractivity contribution in [3.05, 3.63) is 17.6 Å². The van der Waals surface area contributed by atoms with Crippen molar-refractivity contribution in [2.45, 2.75) is 33.6 Å². The maximum Gasteiger partial charge on any atom is 0.150 e. The summed E-state index contributed by atoms with van der Waals surface area (Å²) in [5.41, 5.74) is 2.05.